The fourth-order valence-electron chi connectivity index (χ4n) is 4.44. The molecule has 12 heteroatoms. The number of methoxy groups -OCH3 is 1. The molecule has 0 aliphatic carbocycles. The van der Waals surface area contributed by atoms with Crippen molar-refractivity contribution in [2.45, 2.75) is 52.0 Å². The average molecular weight is 625 g/mol. The highest BCUT2D eigenvalue weighted by Gasteiger charge is 2.48. The van der Waals surface area contributed by atoms with Crippen LogP contribution in [0.25, 0.3) is 0 Å². The van der Waals surface area contributed by atoms with E-state index in [1.807, 2.05) is 0 Å². The Labute approximate surface area is 237 Å². The number of carbonyl (C=O) groups is 3. The minimum absolute atomic E-state index is 0.0490. The van der Waals surface area contributed by atoms with Gasteiger partial charge in [-0.25, -0.2) is 9.59 Å². The van der Waals surface area contributed by atoms with Crippen LogP contribution >= 0.6 is 15.9 Å². The molecule has 0 saturated carbocycles. The molecule has 1 aliphatic heterocycles. The van der Waals surface area contributed by atoms with Crippen LogP contribution in [0, 0.1) is 11.3 Å². The second kappa shape index (κ2) is 12.2. The van der Waals surface area contributed by atoms with E-state index < -0.39 is 59.5 Å². The van der Waals surface area contributed by atoms with Gasteiger partial charge in [0.15, 0.2) is 6.10 Å². The van der Waals surface area contributed by atoms with Crippen molar-refractivity contribution in [3.8, 4) is 0 Å². The number of halogens is 4. The minimum atomic E-state index is -4.68. The molecule has 0 bridgehead atoms. The maximum atomic E-state index is 13.7. The van der Waals surface area contributed by atoms with E-state index >= 15 is 0 Å². The van der Waals surface area contributed by atoms with Gasteiger partial charge in [-0.05, 0) is 63.6 Å². The van der Waals surface area contributed by atoms with Crippen LogP contribution in [0.5, 0.6) is 0 Å². The third-order valence-corrected chi connectivity index (χ3v) is 6.74. The number of rotatable bonds is 7. The van der Waals surface area contributed by atoms with E-state index in [2.05, 4.69) is 20.7 Å². The van der Waals surface area contributed by atoms with Gasteiger partial charge in [0.2, 0.25) is 0 Å². The number of amidine groups is 1. The molecule has 1 N–H and O–H groups in total. The lowest BCUT2D eigenvalue weighted by Gasteiger charge is -2.41. The molecular weight excluding hydrogens is 597 g/mol. The van der Waals surface area contributed by atoms with Crippen LogP contribution < -0.4 is 4.90 Å². The molecule has 8 nitrogen and oxygen atoms in total. The van der Waals surface area contributed by atoms with Gasteiger partial charge < -0.3 is 19.1 Å². The summed E-state index contributed by atoms with van der Waals surface area (Å²) in [5.74, 6) is -5.66. The maximum Gasteiger partial charge on any atom is 0.416 e. The molecule has 3 rings (SSSR count). The average Bonchev–Trinajstić information content (AvgIpc) is 2.87. The van der Waals surface area contributed by atoms with Crippen LogP contribution in [0.1, 0.15) is 44.7 Å². The third-order valence-electron chi connectivity index (χ3n) is 6.21. The zero-order chi connectivity index (χ0) is 29.9. The third kappa shape index (κ3) is 6.55. The van der Waals surface area contributed by atoms with Crippen molar-refractivity contribution in [2.75, 3.05) is 12.0 Å². The quantitative estimate of drug-likeness (QED) is 0.298. The van der Waals surface area contributed by atoms with Crippen molar-refractivity contribution in [3.63, 3.8) is 0 Å². The first kappa shape index (κ1) is 30.9. The highest BCUT2D eigenvalue weighted by molar-refractivity contribution is 9.10. The molecule has 0 fully saturated rings. The summed E-state index contributed by atoms with van der Waals surface area (Å²) in [6.45, 7) is 5.95. The lowest BCUT2D eigenvalue weighted by Crippen LogP contribution is -2.49. The standard InChI is InChI=1S/C28H28BrF3N2O6/c1-14(2)39-27(37)23-22(17-9-11-19(29)12-10-17)21(26(36)40-16(4)25(35)38-5)15(3)34(24(23)33)20-8-6-7-18(13-20)28(30,31)32/h6-14,16,22-23,33H,1-5H3/t16-,22?,23?/m0/s1. The van der Waals surface area contributed by atoms with Gasteiger partial charge in [-0.1, -0.05) is 34.1 Å². The molecule has 2 aromatic rings. The van der Waals surface area contributed by atoms with Gasteiger partial charge in [0.25, 0.3) is 0 Å². The van der Waals surface area contributed by atoms with Crippen LogP contribution in [-0.4, -0.2) is 43.1 Å². The number of ether oxygens (including phenoxy) is 3. The molecule has 1 aliphatic rings. The molecule has 2 unspecified atom stereocenters. The Balaban J connectivity index is 2.31. The highest BCUT2D eigenvalue weighted by Crippen LogP contribution is 2.44. The van der Waals surface area contributed by atoms with Gasteiger partial charge in [-0.2, -0.15) is 13.2 Å². The van der Waals surface area contributed by atoms with Crippen LogP contribution in [0.15, 0.2) is 64.3 Å². The Morgan fingerprint density at radius 1 is 1.02 bits per heavy atom. The zero-order valence-electron chi connectivity index (χ0n) is 22.3. The van der Waals surface area contributed by atoms with Gasteiger partial charge in [-0.15, -0.1) is 0 Å². The van der Waals surface area contributed by atoms with Gasteiger partial charge in [-0.3, -0.25) is 10.2 Å². The van der Waals surface area contributed by atoms with E-state index in [9.17, 15) is 27.6 Å². The molecule has 1 heterocycles. The van der Waals surface area contributed by atoms with Crippen LogP contribution in [0.3, 0.4) is 0 Å². The van der Waals surface area contributed by atoms with Gasteiger partial charge >= 0.3 is 24.1 Å². The van der Waals surface area contributed by atoms with Crippen molar-refractivity contribution < 1.29 is 41.8 Å². The highest BCUT2D eigenvalue weighted by atomic mass is 79.9. The number of benzene rings is 2. The first-order chi connectivity index (χ1) is 18.7. The summed E-state index contributed by atoms with van der Waals surface area (Å²) >= 11 is 3.34. The van der Waals surface area contributed by atoms with Crippen LogP contribution in [-0.2, 0) is 34.8 Å². The number of esters is 3. The van der Waals surface area contributed by atoms with Crippen molar-refractivity contribution >= 4 is 45.4 Å². The Kier molecular flexibility index (Phi) is 9.44. The monoisotopic (exact) mass is 624 g/mol. The van der Waals surface area contributed by atoms with Crippen molar-refractivity contribution in [1.82, 2.24) is 0 Å². The molecule has 0 saturated heterocycles. The van der Waals surface area contributed by atoms with E-state index in [1.165, 1.54) is 19.9 Å². The Hall–Kier alpha value is -3.67. The number of carbonyl (C=O) groups excluding carboxylic acids is 3. The number of nitrogens with zero attached hydrogens (tertiary/aromatic N) is 1. The van der Waals surface area contributed by atoms with Gasteiger partial charge in [0.05, 0.1) is 24.4 Å². The SMILES string of the molecule is COC(=O)[C@H](C)OC(=O)C1=C(C)N(c2cccc(C(F)(F)F)c2)C(=N)C(C(=O)OC(C)C)C1c1ccc(Br)cc1. The van der Waals surface area contributed by atoms with Crippen LogP contribution in [0.4, 0.5) is 18.9 Å². The topological polar surface area (TPSA) is 106 Å². The van der Waals surface area contributed by atoms with Gasteiger partial charge in [0, 0.05) is 21.8 Å². The first-order valence-electron chi connectivity index (χ1n) is 12.2. The first-order valence-corrected chi connectivity index (χ1v) is 13.0. The molecule has 40 heavy (non-hydrogen) atoms. The molecule has 0 aromatic heterocycles. The maximum absolute atomic E-state index is 13.7. The zero-order valence-corrected chi connectivity index (χ0v) is 23.9. The summed E-state index contributed by atoms with van der Waals surface area (Å²) in [5, 5.41) is 9.04. The smallest absolute Gasteiger partial charge is 0.416 e. The lowest BCUT2D eigenvalue weighted by molar-refractivity contribution is -0.162. The molecule has 214 valence electrons. The van der Waals surface area contributed by atoms with E-state index in [4.69, 9.17) is 14.9 Å². The van der Waals surface area contributed by atoms with Crippen molar-refractivity contribution in [1.29, 1.82) is 5.41 Å². The number of allylic oxidation sites excluding steroid dienone is 1. The normalized spacial score (nSPS) is 18.4. The fraction of sp³-hybridized carbons (Fsp3) is 0.357. The predicted molar refractivity (Wildman–Crippen MR) is 144 cm³/mol. The number of hydrogen-bond acceptors (Lipinski definition) is 7. The molecule has 2 aromatic carbocycles. The summed E-state index contributed by atoms with van der Waals surface area (Å²) in [5.41, 5.74) is -0.713. The van der Waals surface area contributed by atoms with E-state index in [-0.39, 0.29) is 17.0 Å². The molecule has 3 atom stereocenters. The van der Waals surface area contributed by atoms with E-state index in [0.29, 0.717) is 10.0 Å². The second-order valence-electron chi connectivity index (χ2n) is 9.33. The predicted octanol–water partition coefficient (Wildman–Crippen LogP) is 6.00. The Bertz CT molecular complexity index is 1340. The van der Waals surface area contributed by atoms with E-state index in [1.54, 1.807) is 38.1 Å². The number of nitrogens with one attached hydrogen (secondary N) is 1. The number of hydrogen-bond donors (Lipinski definition) is 1. The second-order valence-corrected chi connectivity index (χ2v) is 10.2. The summed E-state index contributed by atoms with van der Waals surface area (Å²) in [7, 11) is 1.12. The number of anilines is 1. The largest absolute Gasteiger partial charge is 0.466 e. The van der Waals surface area contributed by atoms with E-state index in [0.717, 1.165) is 30.2 Å². The summed E-state index contributed by atoms with van der Waals surface area (Å²) < 4.78 is 56.9. The van der Waals surface area contributed by atoms with Crippen molar-refractivity contribution in [3.05, 3.63) is 75.4 Å². The Morgan fingerprint density at radius 3 is 2.20 bits per heavy atom. The van der Waals surface area contributed by atoms with Crippen LogP contribution in [0.2, 0.25) is 0 Å². The summed E-state index contributed by atoms with van der Waals surface area (Å²) in [6, 6.07) is 10.8. The minimum Gasteiger partial charge on any atom is -0.466 e. The summed E-state index contributed by atoms with van der Waals surface area (Å²) in [6.07, 6.45) is -6.60. The van der Waals surface area contributed by atoms with Crippen molar-refractivity contribution in [2.24, 2.45) is 5.92 Å². The summed E-state index contributed by atoms with van der Waals surface area (Å²) in [4.78, 5) is 40.3. The molecule has 0 spiro atoms. The number of alkyl halides is 3. The molecule has 0 amide bonds. The van der Waals surface area contributed by atoms with Gasteiger partial charge in [0.1, 0.15) is 11.8 Å². The molecule has 0 radical (unpaired) electrons. The Morgan fingerprint density at radius 2 is 1.65 bits per heavy atom. The lowest BCUT2D eigenvalue weighted by atomic mass is 9.75. The molecular formula is C28H28BrF3N2O6. The fourth-order valence-corrected chi connectivity index (χ4v) is 4.70.